The average Bonchev–Trinajstić information content (AvgIpc) is 4.08. The molecule has 4 aromatic carbocycles. The van der Waals surface area contributed by atoms with Crippen LogP contribution in [0.15, 0.2) is 84.9 Å². The van der Waals surface area contributed by atoms with E-state index in [1.165, 1.54) is 12.1 Å². The number of carbonyl (C=O) groups excluding carboxylic acids is 4. The van der Waals surface area contributed by atoms with E-state index >= 15 is 0 Å². The molecule has 67 heavy (non-hydrogen) atoms. The van der Waals surface area contributed by atoms with Gasteiger partial charge in [0.25, 0.3) is 17.7 Å². The van der Waals surface area contributed by atoms with E-state index in [-0.39, 0.29) is 82.3 Å². The lowest BCUT2D eigenvalue weighted by molar-refractivity contribution is -0.135. The van der Waals surface area contributed by atoms with Crippen molar-refractivity contribution in [3.63, 3.8) is 0 Å². The molecule has 3 aliphatic rings. The van der Waals surface area contributed by atoms with Gasteiger partial charge in [-0.2, -0.15) is 0 Å². The monoisotopic (exact) mass is 916 g/mol. The van der Waals surface area contributed by atoms with Crippen LogP contribution in [0.5, 0.6) is 0 Å². The van der Waals surface area contributed by atoms with Crippen molar-refractivity contribution in [3.8, 4) is 22.8 Å². The van der Waals surface area contributed by atoms with Crippen LogP contribution in [0, 0.1) is 23.3 Å². The zero-order valence-electron chi connectivity index (χ0n) is 37.4. The number of halogens is 4. The minimum absolute atomic E-state index is 0.0950. The second kappa shape index (κ2) is 20.2. The van der Waals surface area contributed by atoms with Crippen LogP contribution in [0.4, 0.5) is 40.6 Å². The fraction of sp³-hybridized carbons (Fsp3) is 0.265. The van der Waals surface area contributed by atoms with Crippen molar-refractivity contribution in [2.24, 2.45) is 0 Å². The molecule has 0 bridgehead atoms. The topological polar surface area (TPSA) is 183 Å². The molecule has 5 heterocycles. The third-order valence-corrected chi connectivity index (χ3v) is 11.2. The van der Waals surface area contributed by atoms with Gasteiger partial charge in [-0.3, -0.25) is 19.2 Å². The number of hydrogen-bond donors (Lipinski definition) is 5. The van der Waals surface area contributed by atoms with E-state index in [4.69, 9.17) is 0 Å². The van der Waals surface area contributed by atoms with Crippen molar-refractivity contribution >= 4 is 46.6 Å². The van der Waals surface area contributed by atoms with Gasteiger partial charge in [0, 0.05) is 36.6 Å². The number of hydrogen-bond acceptors (Lipinski definition) is 10. The summed E-state index contributed by atoms with van der Waals surface area (Å²) in [5.74, 6) is -4.07. The molecule has 5 N–H and O–H groups in total. The maximum Gasteiger partial charge on any atom is 0.257 e. The molecule has 3 aliphatic heterocycles. The van der Waals surface area contributed by atoms with Gasteiger partial charge in [0.15, 0.2) is 11.6 Å². The number of fused-ring (bicyclic) bond motifs is 2. The van der Waals surface area contributed by atoms with Crippen molar-refractivity contribution in [2.45, 2.75) is 66.0 Å². The van der Waals surface area contributed by atoms with E-state index in [1.54, 1.807) is 36.4 Å². The highest BCUT2D eigenvalue weighted by Gasteiger charge is 2.35. The molecule has 346 valence electrons. The van der Waals surface area contributed by atoms with Gasteiger partial charge in [-0.05, 0) is 99.8 Å². The number of anilines is 4. The lowest BCUT2D eigenvalue weighted by Crippen LogP contribution is -2.41. The zero-order chi connectivity index (χ0) is 48.0. The molecule has 4 amide bonds. The Bertz CT molecular complexity index is 2810. The first-order valence-corrected chi connectivity index (χ1v) is 21.8. The van der Waals surface area contributed by atoms with E-state index in [1.807, 2.05) is 51.7 Å². The summed E-state index contributed by atoms with van der Waals surface area (Å²) in [6.45, 7) is 12.0. The maximum atomic E-state index is 14.4. The van der Waals surface area contributed by atoms with Gasteiger partial charge < -0.3 is 31.5 Å². The first-order valence-electron chi connectivity index (χ1n) is 21.8. The fourth-order valence-electron chi connectivity index (χ4n) is 7.73. The molecule has 0 atom stereocenters. The Kier molecular flexibility index (Phi) is 14.2. The molecule has 18 heteroatoms. The minimum atomic E-state index is -0.801. The number of rotatable bonds is 10. The van der Waals surface area contributed by atoms with Crippen LogP contribution in [-0.4, -0.2) is 68.1 Å². The second-order valence-corrected chi connectivity index (χ2v) is 15.9. The Balaban J connectivity index is 0.000000194. The number of nitrogens with zero attached hydrogens (tertiary/aromatic N) is 5. The molecular weight excluding hydrogens is 869 g/mol. The Morgan fingerprint density at radius 1 is 0.627 bits per heavy atom. The standard InChI is InChI=1S/C26H25F2N5O2.C21H17F2N5O2.C2H6/c1-26(2,25(35)33-12-3-4-13-33)15-8-10-16(11-9-15)30-23-21-19(14-29-24(21)34)31-22(32-23)20-17(27)6-5-7-18(20)28;1-2-24-20(29)11-6-8-12(9-7-11)26-19-17-15(10-25-21(17)30)27-18(28-19)16-13(22)4-3-5-14(16)23;1-2/h5-11H,3-4,12-14H2,1-2H3,(H,29,34)(H,30,31,32);3-9H,2,10H2,1H3,(H,24,29)(H,25,30)(H,26,27,28);1-2H3. The molecule has 0 spiro atoms. The van der Waals surface area contributed by atoms with Gasteiger partial charge in [-0.1, -0.05) is 38.1 Å². The smallest absolute Gasteiger partial charge is 0.257 e. The first-order chi connectivity index (χ1) is 32.2. The summed E-state index contributed by atoms with van der Waals surface area (Å²) in [6, 6.07) is 20.8. The Labute approximate surface area is 384 Å². The normalized spacial score (nSPS) is 13.5. The predicted molar refractivity (Wildman–Crippen MR) is 245 cm³/mol. The third-order valence-electron chi connectivity index (χ3n) is 11.2. The quantitative estimate of drug-likeness (QED) is 0.0836. The first kappa shape index (κ1) is 47.2. The molecule has 0 unspecified atom stereocenters. The van der Waals surface area contributed by atoms with Gasteiger partial charge in [-0.25, -0.2) is 37.5 Å². The fourth-order valence-corrected chi connectivity index (χ4v) is 7.73. The van der Waals surface area contributed by atoms with Crippen molar-refractivity contribution in [1.29, 1.82) is 0 Å². The minimum Gasteiger partial charge on any atom is -0.352 e. The Morgan fingerprint density at radius 3 is 1.46 bits per heavy atom. The molecule has 0 radical (unpaired) electrons. The lowest BCUT2D eigenvalue weighted by atomic mass is 9.83. The number of carbonyl (C=O) groups is 4. The highest BCUT2D eigenvalue weighted by atomic mass is 19.1. The number of amides is 4. The van der Waals surface area contributed by atoms with E-state index in [0.29, 0.717) is 34.9 Å². The number of aromatic nitrogens is 4. The summed E-state index contributed by atoms with van der Waals surface area (Å²) in [7, 11) is 0. The molecule has 2 aromatic heterocycles. The van der Waals surface area contributed by atoms with Gasteiger partial charge in [0.05, 0.1) is 41.0 Å². The average molecular weight is 917 g/mol. The number of likely N-dealkylation sites (tertiary alicyclic amines) is 1. The maximum absolute atomic E-state index is 14.4. The molecule has 1 fully saturated rings. The molecule has 0 aliphatic carbocycles. The SMILES string of the molecule is CC.CC(C)(C(=O)N1CCCC1)c1ccc(Nc2nc(-c3c(F)cccc3F)nc3c2C(=O)NC3)cc1.CCNC(=O)c1ccc(Nc2nc(-c3c(F)cccc3F)nc3c2C(=O)NC3)cc1. The van der Waals surface area contributed by atoms with Crippen LogP contribution in [-0.2, 0) is 23.3 Å². The predicted octanol–water partition coefficient (Wildman–Crippen LogP) is 8.49. The molecule has 1 saturated heterocycles. The van der Waals surface area contributed by atoms with Crippen LogP contribution < -0.4 is 26.6 Å². The van der Waals surface area contributed by atoms with E-state index in [9.17, 15) is 36.7 Å². The highest BCUT2D eigenvalue weighted by molar-refractivity contribution is 6.04. The molecule has 9 rings (SSSR count). The van der Waals surface area contributed by atoms with Crippen molar-refractivity contribution in [2.75, 3.05) is 30.3 Å². The summed E-state index contributed by atoms with van der Waals surface area (Å²) in [6.07, 6.45) is 2.06. The summed E-state index contributed by atoms with van der Waals surface area (Å²) < 4.78 is 57.3. The van der Waals surface area contributed by atoms with E-state index < -0.39 is 28.7 Å². The lowest BCUT2D eigenvalue weighted by Gasteiger charge is -2.29. The molecule has 6 aromatic rings. The third kappa shape index (κ3) is 9.92. The van der Waals surface area contributed by atoms with E-state index in [0.717, 1.165) is 55.8 Å². The van der Waals surface area contributed by atoms with Crippen LogP contribution in [0.3, 0.4) is 0 Å². The zero-order valence-corrected chi connectivity index (χ0v) is 37.4. The molecule has 14 nitrogen and oxygen atoms in total. The van der Waals surface area contributed by atoms with Crippen LogP contribution >= 0.6 is 0 Å². The van der Waals surface area contributed by atoms with Gasteiger partial charge in [-0.15, -0.1) is 0 Å². The summed E-state index contributed by atoms with van der Waals surface area (Å²) >= 11 is 0. The van der Waals surface area contributed by atoms with E-state index in [2.05, 4.69) is 46.5 Å². The summed E-state index contributed by atoms with van der Waals surface area (Å²) in [4.78, 5) is 68.5. The van der Waals surface area contributed by atoms with Crippen molar-refractivity contribution in [1.82, 2.24) is 40.8 Å². The van der Waals surface area contributed by atoms with Gasteiger partial charge in [0.1, 0.15) is 46.0 Å². The van der Waals surface area contributed by atoms with Crippen LogP contribution in [0.25, 0.3) is 22.8 Å². The van der Waals surface area contributed by atoms with Crippen LogP contribution in [0.1, 0.15) is 95.5 Å². The van der Waals surface area contributed by atoms with Gasteiger partial charge in [0.2, 0.25) is 5.91 Å². The van der Waals surface area contributed by atoms with Crippen molar-refractivity contribution in [3.05, 3.63) is 142 Å². The second-order valence-electron chi connectivity index (χ2n) is 15.9. The molecular formula is C49H48F4N10O4. The summed E-state index contributed by atoms with van der Waals surface area (Å²) in [5.41, 5.74) is 2.23. The largest absolute Gasteiger partial charge is 0.352 e. The molecule has 0 saturated carbocycles. The van der Waals surface area contributed by atoms with Crippen LogP contribution in [0.2, 0.25) is 0 Å². The number of benzene rings is 4. The summed E-state index contributed by atoms with van der Waals surface area (Å²) in [5, 5.41) is 14.1. The number of nitrogens with one attached hydrogen (secondary N) is 5. The highest BCUT2D eigenvalue weighted by Crippen LogP contribution is 2.34. The van der Waals surface area contributed by atoms with Crippen molar-refractivity contribution < 1.29 is 36.7 Å². The van der Waals surface area contributed by atoms with Gasteiger partial charge >= 0.3 is 0 Å². The Morgan fingerprint density at radius 2 is 1.04 bits per heavy atom. The Hall–Kier alpha value is -7.76.